The van der Waals surface area contributed by atoms with E-state index in [-0.39, 0.29) is 0 Å². The summed E-state index contributed by atoms with van der Waals surface area (Å²) in [5.41, 5.74) is 8.70. The van der Waals surface area contributed by atoms with Gasteiger partial charge in [0.05, 0.1) is 16.4 Å². The van der Waals surface area contributed by atoms with Crippen LogP contribution in [0.1, 0.15) is 23.9 Å². The Hall–Kier alpha value is -1.52. The lowest BCUT2D eigenvalue weighted by atomic mass is 10.1. The maximum atomic E-state index is 6.22. The van der Waals surface area contributed by atoms with E-state index in [9.17, 15) is 0 Å². The fourth-order valence-electron chi connectivity index (χ4n) is 2.12. The molecular formula is C15H20ClN3O. The zero-order valence-electron chi connectivity index (χ0n) is 11.9. The predicted octanol–water partition coefficient (Wildman–Crippen LogP) is 2.95. The summed E-state index contributed by atoms with van der Waals surface area (Å²) >= 11 is 6.22. The molecule has 0 bridgehead atoms. The van der Waals surface area contributed by atoms with Gasteiger partial charge < -0.3 is 10.5 Å². The molecule has 2 rings (SSSR count). The van der Waals surface area contributed by atoms with E-state index in [1.807, 2.05) is 35.9 Å². The molecule has 5 heteroatoms. The quantitative estimate of drug-likeness (QED) is 0.891. The molecule has 1 heterocycles. The first-order chi connectivity index (χ1) is 9.63. The molecular weight excluding hydrogens is 274 g/mol. The minimum Gasteiger partial charge on any atom is -0.486 e. The molecule has 4 nitrogen and oxygen atoms in total. The molecule has 0 aliphatic rings. The van der Waals surface area contributed by atoms with Crippen LogP contribution < -0.4 is 10.5 Å². The standard InChI is InChI=1S/C15H20ClN3O/c1-3-19-13(8-11(2)18-19)10-20-15-5-4-12(6-7-17)9-14(15)16/h4-5,8-9H,3,6-7,10,17H2,1-2H3. The highest BCUT2D eigenvalue weighted by molar-refractivity contribution is 6.32. The fourth-order valence-corrected chi connectivity index (χ4v) is 2.38. The van der Waals surface area contributed by atoms with E-state index in [2.05, 4.69) is 12.0 Å². The van der Waals surface area contributed by atoms with Gasteiger partial charge in [-0.25, -0.2) is 0 Å². The van der Waals surface area contributed by atoms with Gasteiger partial charge in [0.1, 0.15) is 12.4 Å². The summed E-state index contributed by atoms with van der Waals surface area (Å²) in [4.78, 5) is 0. The molecule has 0 atom stereocenters. The minimum atomic E-state index is 0.463. The lowest BCUT2D eigenvalue weighted by molar-refractivity contribution is 0.292. The van der Waals surface area contributed by atoms with E-state index < -0.39 is 0 Å². The maximum Gasteiger partial charge on any atom is 0.138 e. The van der Waals surface area contributed by atoms with Crippen LogP contribution in [-0.4, -0.2) is 16.3 Å². The van der Waals surface area contributed by atoms with Gasteiger partial charge in [-0.15, -0.1) is 0 Å². The summed E-state index contributed by atoms with van der Waals surface area (Å²) in [7, 11) is 0. The van der Waals surface area contributed by atoms with Gasteiger partial charge in [0.2, 0.25) is 0 Å². The molecule has 0 aliphatic carbocycles. The number of nitrogens with zero attached hydrogens (tertiary/aromatic N) is 2. The Morgan fingerprint density at radius 3 is 2.80 bits per heavy atom. The molecule has 0 unspecified atom stereocenters. The van der Waals surface area contributed by atoms with Crippen LogP contribution >= 0.6 is 11.6 Å². The van der Waals surface area contributed by atoms with Gasteiger partial charge in [0, 0.05) is 6.54 Å². The van der Waals surface area contributed by atoms with Crippen LogP contribution in [0, 0.1) is 6.92 Å². The normalized spacial score (nSPS) is 10.8. The van der Waals surface area contributed by atoms with Crippen LogP contribution in [0.15, 0.2) is 24.3 Å². The average molecular weight is 294 g/mol. The first kappa shape index (κ1) is 14.9. The third kappa shape index (κ3) is 3.52. The molecule has 0 aliphatic heterocycles. The first-order valence-corrected chi connectivity index (χ1v) is 7.16. The van der Waals surface area contributed by atoms with Crippen molar-refractivity contribution in [3.05, 3.63) is 46.2 Å². The lowest BCUT2D eigenvalue weighted by Crippen LogP contribution is -2.06. The fraction of sp³-hybridized carbons (Fsp3) is 0.400. The molecule has 0 radical (unpaired) electrons. The minimum absolute atomic E-state index is 0.463. The Kier molecular flexibility index (Phi) is 5.04. The third-order valence-electron chi connectivity index (χ3n) is 3.09. The summed E-state index contributed by atoms with van der Waals surface area (Å²) in [6.45, 7) is 5.95. The Morgan fingerprint density at radius 1 is 1.35 bits per heavy atom. The molecule has 1 aromatic carbocycles. The Labute approximate surface area is 124 Å². The molecule has 0 spiro atoms. The van der Waals surface area contributed by atoms with Crippen LogP contribution in [0.3, 0.4) is 0 Å². The van der Waals surface area contributed by atoms with Crippen molar-refractivity contribution in [3.63, 3.8) is 0 Å². The van der Waals surface area contributed by atoms with Crippen molar-refractivity contribution in [3.8, 4) is 5.75 Å². The number of aromatic nitrogens is 2. The highest BCUT2D eigenvalue weighted by Crippen LogP contribution is 2.26. The molecule has 108 valence electrons. The van der Waals surface area contributed by atoms with Crippen molar-refractivity contribution in [1.29, 1.82) is 0 Å². The predicted molar refractivity (Wildman–Crippen MR) is 81.2 cm³/mol. The second-order valence-corrected chi connectivity index (χ2v) is 5.09. The van der Waals surface area contributed by atoms with Crippen molar-refractivity contribution in [2.45, 2.75) is 33.4 Å². The number of hydrogen-bond acceptors (Lipinski definition) is 3. The van der Waals surface area contributed by atoms with Crippen LogP contribution in [0.25, 0.3) is 0 Å². The topological polar surface area (TPSA) is 53.1 Å². The van der Waals surface area contributed by atoms with Gasteiger partial charge in [-0.05, 0) is 50.6 Å². The Morgan fingerprint density at radius 2 is 2.15 bits per heavy atom. The van der Waals surface area contributed by atoms with Crippen LogP contribution in [0.2, 0.25) is 5.02 Å². The van der Waals surface area contributed by atoms with E-state index >= 15 is 0 Å². The number of hydrogen-bond donors (Lipinski definition) is 1. The molecule has 2 aromatic rings. The monoisotopic (exact) mass is 293 g/mol. The molecule has 2 N–H and O–H groups in total. The highest BCUT2D eigenvalue weighted by Gasteiger charge is 2.07. The van der Waals surface area contributed by atoms with Gasteiger partial charge in [0.15, 0.2) is 0 Å². The molecule has 0 amide bonds. The Balaban J connectivity index is 2.06. The number of ether oxygens (including phenoxy) is 1. The maximum absolute atomic E-state index is 6.22. The molecule has 20 heavy (non-hydrogen) atoms. The summed E-state index contributed by atoms with van der Waals surface area (Å²) in [5, 5.41) is 5.01. The van der Waals surface area contributed by atoms with E-state index in [1.165, 1.54) is 0 Å². The first-order valence-electron chi connectivity index (χ1n) is 6.78. The van der Waals surface area contributed by atoms with E-state index in [4.69, 9.17) is 22.1 Å². The molecule has 0 fully saturated rings. The van der Waals surface area contributed by atoms with Gasteiger partial charge in [-0.1, -0.05) is 17.7 Å². The van der Waals surface area contributed by atoms with Crippen LogP contribution in [0.4, 0.5) is 0 Å². The number of rotatable bonds is 6. The number of aryl methyl sites for hydroxylation is 2. The van der Waals surface area contributed by atoms with Crippen LogP contribution in [0.5, 0.6) is 5.75 Å². The van der Waals surface area contributed by atoms with E-state index in [0.717, 1.165) is 29.9 Å². The van der Waals surface area contributed by atoms with Gasteiger partial charge in [-0.3, -0.25) is 4.68 Å². The van der Waals surface area contributed by atoms with Crippen molar-refractivity contribution < 1.29 is 4.74 Å². The zero-order chi connectivity index (χ0) is 14.5. The zero-order valence-corrected chi connectivity index (χ0v) is 12.7. The summed E-state index contributed by atoms with van der Waals surface area (Å²) in [6.07, 6.45) is 0.821. The van der Waals surface area contributed by atoms with Crippen LogP contribution in [-0.2, 0) is 19.6 Å². The summed E-state index contributed by atoms with van der Waals surface area (Å²) in [5.74, 6) is 0.689. The second-order valence-electron chi connectivity index (χ2n) is 4.68. The molecule has 0 saturated heterocycles. The largest absolute Gasteiger partial charge is 0.486 e. The summed E-state index contributed by atoms with van der Waals surface area (Å²) < 4.78 is 7.72. The van der Waals surface area contributed by atoms with Gasteiger partial charge in [0.25, 0.3) is 0 Å². The number of nitrogens with two attached hydrogens (primary N) is 1. The number of halogens is 1. The molecule has 0 saturated carbocycles. The Bertz CT molecular complexity index is 580. The van der Waals surface area contributed by atoms with Crippen molar-refractivity contribution >= 4 is 11.6 Å². The van der Waals surface area contributed by atoms with Gasteiger partial charge in [-0.2, -0.15) is 5.10 Å². The van der Waals surface area contributed by atoms with E-state index in [0.29, 0.717) is 23.9 Å². The smallest absolute Gasteiger partial charge is 0.138 e. The van der Waals surface area contributed by atoms with Crippen molar-refractivity contribution in [1.82, 2.24) is 9.78 Å². The third-order valence-corrected chi connectivity index (χ3v) is 3.39. The highest BCUT2D eigenvalue weighted by atomic mass is 35.5. The SMILES string of the molecule is CCn1nc(C)cc1COc1ccc(CCN)cc1Cl. The second kappa shape index (κ2) is 6.77. The van der Waals surface area contributed by atoms with Crippen molar-refractivity contribution in [2.75, 3.05) is 6.54 Å². The van der Waals surface area contributed by atoms with E-state index in [1.54, 1.807) is 0 Å². The van der Waals surface area contributed by atoms with Gasteiger partial charge >= 0.3 is 0 Å². The molecule has 1 aromatic heterocycles. The summed E-state index contributed by atoms with van der Waals surface area (Å²) in [6, 6.07) is 7.83. The lowest BCUT2D eigenvalue weighted by Gasteiger charge is -2.10. The van der Waals surface area contributed by atoms with Crippen molar-refractivity contribution in [2.24, 2.45) is 5.73 Å². The number of benzene rings is 1. The average Bonchev–Trinajstić information content (AvgIpc) is 2.78.